The Balaban J connectivity index is 1.54. The van der Waals surface area contributed by atoms with Crippen molar-refractivity contribution in [3.63, 3.8) is 0 Å². The number of benzene rings is 2. The molecular weight excluding hydrogens is 350 g/mol. The van der Waals surface area contributed by atoms with Gasteiger partial charge < -0.3 is 14.5 Å². The second-order valence-electron chi connectivity index (χ2n) is 6.69. The largest absolute Gasteiger partial charge is 0.497 e. The average Bonchev–Trinajstić information content (AvgIpc) is 3.14. The summed E-state index contributed by atoms with van der Waals surface area (Å²) in [5, 5.41) is 3.03. The molecule has 1 amide bonds. The molecule has 5 nitrogen and oxygen atoms in total. The minimum absolute atomic E-state index is 0.0552. The van der Waals surface area contributed by atoms with Crippen molar-refractivity contribution in [2.45, 2.75) is 13.3 Å². The lowest BCUT2D eigenvalue weighted by Gasteiger charge is -2.10. The number of nitrogens with zero attached hydrogens (tertiary/aromatic N) is 2. The number of fused-ring (bicyclic) bond motifs is 1. The highest BCUT2D eigenvalue weighted by Gasteiger charge is 2.10. The fourth-order valence-electron chi connectivity index (χ4n) is 3.11. The second-order valence-corrected chi connectivity index (χ2v) is 6.69. The van der Waals surface area contributed by atoms with Crippen LogP contribution in [-0.4, -0.2) is 22.4 Å². The zero-order valence-corrected chi connectivity index (χ0v) is 15.8. The molecule has 0 radical (unpaired) electrons. The predicted octanol–water partition coefficient (Wildman–Crippen LogP) is 4.50. The first-order valence-corrected chi connectivity index (χ1v) is 9.10. The van der Waals surface area contributed by atoms with Gasteiger partial charge in [0.1, 0.15) is 11.4 Å². The van der Waals surface area contributed by atoms with Crippen LogP contribution in [0.2, 0.25) is 0 Å². The van der Waals surface area contributed by atoms with Crippen LogP contribution in [0.4, 0.5) is 5.69 Å². The molecule has 0 fully saturated rings. The zero-order chi connectivity index (χ0) is 19.5. The maximum atomic E-state index is 12.5. The summed E-state index contributed by atoms with van der Waals surface area (Å²) in [6, 6.07) is 19.4. The van der Waals surface area contributed by atoms with Crippen LogP contribution >= 0.6 is 0 Å². The Morgan fingerprint density at radius 2 is 1.93 bits per heavy atom. The van der Waals surface area contributed by atoms with Gasteiger partial charge in [-0.05, 0) is 48.4 Å². The number of aryl methyl sites for hydroxylation is 1. The number of carbonyl (C=O) groups is 1. The van der Waals surface area contributed by atoms with Crippen LogP contribution in [0.1, 0.15) is 11.1 Å². The molecule has 0 saturated carbocycles. The van der Waals surface area contributed by atoms with E-state index in [4.69, 9.17) is 4.74 Å². The number of aromatic nitrogens is 2. The molecular formula is C23H21N3O2. The SMILES string of the molecule is COc1ccc(CC(=O)Nc2cc(-c3cn4ccccc4n3)ccc2C)cc1. The van der Waals surface area contributed by atoms with Crippen LogP contribution in [0.3, 0.4) is 0 Å². The topological polar surface area (TPSA) is 55.6 Å². The summed E-state index contributed by atoms with van der Waals surface area (Å²) >= 11 is 0. The monoisotopic (exact) mass is 371 g/mol. The molecule has 140 valence electrons. The standard InChI is InChI=1S/C23H21N3O2/c1-16-6-9-18(21-15-26-12-4-3-5-22(26)24-21)14-20(16)25-23(27)13-17-7-10-19(28-2)11-8-17/h3-12,14-15H,13H2,1-2H3,(H,25,27). The Morgan fingerprint density at radius 3 is 2.68 bits per heavy atom. The van der Waals surface area contributed by atoms with Crippen LogP contribution in [0.25, 0.3) is 16.9 Å². The third kappa shape index (κ3) is 3.74. The summed E-state index contributed by atoms with van der Waals surface area (Å²) in [7, 11) is 1.63. The van der Waals surface area contributed by atoms with Crippen molar-refractivity contribution in [1.29, 1.82) is 0 Å². The molecule has 4 aromatic rings. The van der Waals surface area contributed by atoms with Crippen molar-refractivity contribution in [3.8, 4) is 17.0 Å². The quantitative estimate of drug-likeness (QED) is 0.562. The van der Waals surface area contributed by atoms with Crippen LogP contribution in [0.5, 0.6) is 5.75 Å². The van der Waals surface area contributed by atoms with Crippen molar-refractivity contribution in [3.05, 3.63) is 84.2 Å². The van der Waals surface area contributed by atoms with Gasteiger partial charge in [-0.1, -0.05) is 30.3 Å². The van der Waals surface area contributed by atoms with E-state index in [2.05, 4.69) is 10.3 Å². The molecule has 1 N–H and O–H groups in total. The molecule has 5 heteroatoms. The maximum Gasteiger partial charge on any atom is 0.228 e. The summed E-state index contributed by atoms with van der Waals surface area (Å²) < 4.78 is 7.14. The molecule has 0 bridgehead atoms. The maximum absolute atomic E-state index is 12.5. The highest BCUT2D eigenvalue weighted by molar-refractivity contribution is 5.93. The van der Waals surface area contributed by atoms with E-state index in [9.17, 15) is 4.79 Å². The number of amides is 1. The van der Waals surface area contributed by atoms with Gasteiger partial charge in [0.2, 0.25) is 5.91 Å². The molecule has 0 atom stereocenters. The van der Waals surface area contributed by atoms with Crippen LogP contribution in [-0.2, 0) is 11.2 Å². The Morgan fingerprint density at radius 1 is 1.11 bits per heavy atom. The van der Waals surface area contributed by atoms with E-state index in [1.807, 2.05) is 84.4 Å². The minimum Gasteiger partial charge on any atom is -0.497 e. The first-order valence-electron chi connectivity index (χ1n) is 9.10. The van der Waals surface area contributed by atoms with E-state index >= 15 is 0 Å². The second kappa shape index (κ2) is 7.56. The van der Waals surface area contributed by atoms with Crippen LogP contribution in [0, 0.1) is 6.92 Å². The molecule has 4 rings (SSSR count). The van der Waals surface area contributed by atoms with E-state index in [0.29, 0.717) is 6.42 Å². The first-order chi connectivity index (χ1) is 13.6. The summed E-state index contributed by atoms with van der Waals surface area (Å²) in [5.74, 6) is 0.723. The lowest BCUT2D eigenvalue weighted by molar-refractivity contribution is -0.115. The third-order valence-electron chi connectivity index (χ3n) is 4.70. The molecule has 0 aliphatic carbocycles. The van der Waals surface area contributed by atoms with Gasteiger partial charge in [0.05, 0.1) is 19.2 Å². The van der Waals surface area contributed by atoms with Gasteiger partial charge in [0.15, 0.2) is 0 Å². The Labute approximate surface area is 163 Å². The Hall–Kier alpha value is -3.60. The summed E-state index contributed by atoms with van der Waals surface area (Å²) in [6.45, 7) is 1.98. The van der Waals surface area contributed by atoms with Gasteiger partial charge in [0.25, 0.3) is 0 Å². The molecule has 0 aliphatic rings. The zero-order valence-electron chi connectivity index (χ0n) is 15.8. The van der Waals surface area contributed by atoms with Crippen molar-refractivity contribution in [2.75, 3.05) is 12.4 Å². The predicted molar refractivity (Wildman–Crippen MR) is 111 cm³/mol. The highest BCUT2D eigenvalue weighted by atomic mass is 16.5. The van der Waals surface area contributed by atoms with Crippen molar-refractivity contribution >= 4 is 17.2 Å². The molecule has 0 spiro atoms. The number of ether oxygens (including phenoxy) is 1. The minimum atomic E-state index is -0.0552. The van der Waals surface area contributed by atoms with Crippen molar-refractivity contribution in [2.24, 2.45) is 0 Å². The summed E-state index contributed by atoms with van der Waals surface area (Å²) in [5.41, 5.74) is 5.48. The van der Waals surface area contributed by atoms with Gasteiger partial charge in [-0.15, -0.1) is 0 Å². The van der Waals surface area contributed by atoms with E-state index in [-0.39, 0.29) is 5.91 Å². The lowest BCUT2D eigenvalue weighted by atomic mass is 10.1. The molecule has 2 heterocycles. The van der Waals surface area contributed by atoms with Gasteiger partial charge >= 0.3 is 0 Å². The van der Waals surface area contributed by atoms with Crippen LogP contribution in [0.15, 0.2) is 73.1 Å². The first kappa shape index (κ1) is 17.8. The molecule has 0 aliphatic heterocycles. The van der Waals surface area contributed by atoms with Crippen LogP contribution < -0.4 is 10.1 Å². The number of imidazole rings is 1. The molecule has 28 heavy (non-hydrogen) atoms. The number of hydrogen-bond acceptors (Lipinski definition) is 3. The fourth-order valence-corrected chi connectivity index (χ4v) is 3.11. The van der Waals surface area contributed by atoms with E-state index in [1.165, 1.54) is 0 Å². The van der Waals surface area contributed by atoms with Crippen molar-refractivity contribution < 1.29 is 9.53 Å². The smallest absolute Gasteiger partial charge is 0.228 e. The Bertz CT molecular complexity index is 1100. The number of rotatable bonds is 5. The fraction of sp³-hybridized carbons (Fsp3) is 0.130. The Kier molecular flexibility index (Phi) is 4.81. The number of pyridine rings is 1. The number of carbonyl (C=O) groups excluding carboxylic acids is 1. The van der Waals surface area contributed by atoms with Gasteiger partial charge in [-0.2, -0.15) is 0 Å². The molecule has 0 unspecified atom stereocenters. The molecule has 0 saturated heterocycles. The van der Waals surface area contributed by atoms with E-state index in [0.717, 1.165) is 39.5 Å². The number of hydrogen-bond donors (Lipinski definition) is 1. The third-order valence-corrected chi connectivity index (χ3v) is 4.70. The molecule has 2 aromatic heterocycles. The van der Waals surface area contributed by atoms with E-state index in [1.54, 1.807) is 7.11 Å². The van der Waals surface area contributed by atoms with Gasteiger partial charge in [-0.25, -0.2) is 4.98 Å². The lowest BCUT2D eigenvalue weighted by Crippen LogP contribution is -2.15. The van der Waals surface area contributed by atoms with Gasteiger partial charge in [0, 0.05) is 23.6 Å². The number of anilines is 1. The summed E-state index contributed by atoms with van der Waals surface area (Å²) in [6.07, 6.45) is 4.27. The number of nitrogens with one attached hydrogen (secondary N) is 1. The van der Waals surface area contributed by atoms with Gasteiger partial charge in [-0.3, -0.25) is 4.79 Å². The highest BCUT2D eigenvalue weighted by Crippen LogP contribution is 2.25. The average molecular weight is 371 g/mol. The normalized spacial score (nSPS) is 10.8. The summed E-state index contributed by atoms with van der Waals surface area (Å²) in [4.78, 5) is 17.2. The van der Waals surface area contributed by atoms with Crippen molar-refractivity contribution in [1.82, 2.24) is 9.38 Å². The number of methoxy groups -OCH3 is 1. The molecule has 2 aromatic carbocycles. The van der Waals surface area contributed by atoms with E-state index < -0.39 is 0 Å².